The summed E-state index contributed by atoms with van der Waals surface area (Å²) in [7, 11) is 1.69. The maximum Gasteiger partial charge on any atom is 0.120 e. The van der Waals surface area contributed by atoms with Crippen LogP contribution in [0.5, 0.6) is 5.75 Å². The van der Waals surface area contributed by atoms with Crippen LogP contribution in [-0.2, 0) is 0 Å². The summed E-state index contributed by atoms with van der Waals surface area (Å²) >= 11 is 0. The monoisotopic (exact) mass is 264 g/mol. The van der Waals surface area contributed by atoms with Gasteiger partial charge in [-0.2, -0.15) is 0 Å². The van der Waals surface area contributed by atoms with E-state index < -0.39 is 0 Å². The van der Waals surface area contributed by atoms with Crippen molar-refractivity contribution < 1.29 is 9.84 Å². The van der Waals surface area contributed by atoms with Crippen LogP contribution in [0.1, 0.15) is 19.3 Å². The standard InChI is InChI=1S/C15H24N2O2/c1-19-15-6-2-5-14(9-15)17-10-12(4-3-7-18)8-13(16)11-17/h2,5-6,9,12-13,18H,3-4,7-8,10-11,16H2,1H3. The van der Waals surface area contributed by atoms with Gasteiger partial charge in [-0.25, -0.2) is 0 Å². The van der Waals surface area contributed by atoms with Gasteiger partial charge in [0.05, 0.1) is 7.11 Å². The molecule has 3 N–H and O–H groups in total. The zero-order valence-electron chi connectivity index (χ0n) is 11.6. The maximum absolute atomic E-state index is 8.95. The fraction of sp³-hybridized carbons (Fsp3) is 0.600. The summed E-state index contributed by atoms with van der Waals surface area (Å²) in [6.45, 7) is 2.18. The molecule has 2 unspecified atom stereocenters. The summed E-state index contributed by atoms with van der Waals surface area (Å²) in [5, 5.41) is 8.95. The van der Waals surface area contributed by atoms with Crippen LogP contribution >= 0.6 is 0 Å². The molecule has 2 atom stereocenters. The van der Waals surface area contributed by atoms with Crippen LogP contribution in [0.15, 0.2) is 24.3 Å². The number of aliphatic hydroxyl groups is 1. The van der Waals surface area contributed by atoms with E-state index in [9.17, 15) is 0 Å². The van der Waals surface area contributed by atoms with Crippen molar-refractivity contribution in [1.29, 1.82) is 0 Å². The third kappa shape index (κ3) is 3.85. The Kier molecular flexibility index (Phi) is 5.05. The number of methoxy groups -OCH3 is 1. The minimum absolute atomic E-state index is 0.212. The topological polar surface area (TPSA) is 58.7 Å². The highest BCUT2D eigenvalue weighted by molar-refractivity contribution is 5.51. The van der Waals surface area contributed by atoms with Crippen LogP contribution in [0.4, 0.5) is 5.69 Å². The number of hydrogen-bond donors (Lipinski definition) is 2. The molecule has 1 aromatic rings. The predicted molar refractivity (Wildman–Crippen MR) is 77.6 cm³/mol. The number of hydrogen-bond acceptors (Lipinski definition) is 4. The molecule has 1 heterocycles. The Morgan fingerprint density at radius 3 is 3.00 bits per heavy atom. The van der Waals surface area contributed by atoms with Crippen molar-refractivity contribution in [2.24, 2.45) is 11.7 Å². The van der Waals surface area contributed by atoms with Crippen molar-refractivity contribution in [2.45, 2.75) is 25.3 Å². The van der Waals surface area contributed by atoms with Gasteiger partial charge in [0.15, 0.2) is 0 Å². The molecule has 106 valence electrons. The highest BCUT2D eigenvalue weighted by Gasteiger charge is 2.25. The second-order valence-electron chi connectivity index (χ2n) is 5.33. The molecule has 0 saturated carbocycles. The number of rotatable bonds is 5. The molecule has 0 amide bonds. The minimum atomic E-state index is 0.212. The fourth-order valence-electron chi connectivity index (χ4n) is 2.85. The lowest BCUT2D eigenvalue weighted by atomic mass is 9.90. The summed E-state index contributed by atoms with van der Waals surface area (Å²) < 4.78 is 5.27. The van der Waals surface area contributed by atoms with Gasteiger partial charge in [-0.15, -0.1) is 0 Å². The molecule has 1 aromatic carbocycles. The van der Waals surface area contributed by atoms with E-state index in [1.165, 1.54) is 5.69 Å². The summed E-state index contributed by atoms with van der Waals surface area (Å²) in [6.07, 6.45) is 2.97. The van der Waals surface area contributed by atoms with Crippen LogP contribution in [0.2, 0.25) is 0 Å². The summed E-state index contributed by atoms with van der Waals surface area (Å²) in [6, 6.07) is 8.34. The van der Waals surface area contributed by atoms with Crippen molar-refractivity contribution in [1.82, 2.24) is 0 Å². The molecule has 0 aliphatic carbocycles. The lowest BCUT2D eigenvalue weighted by molar-refractivity contribution is 0.259. The number of anilines is 1. The molecular weight excluding hydrogens is 240 g/mol. The number of aliphatic hydroxyl groups excluding tert-OH is 1. The predicted octanol–water partition coefficient (Wildman–Crippen LogP) is 1.62. The molecule has 1 saturated heterocycles. The average molecular weight is 264 g/mol. The van der Waals surface area contributed by atoms with E-state index in [-0.39, 0.29) is 12.6 Å². The Labute approximate surface area is 115 Å². The largest absolute Gasteiger partial charge is 0.497 e. The van der Waals surface area contributed by atoms with Gasteiger partial charge in [-0.3, -0.25) is 0 Å². The summed E-state index contributed by atoms with van der Waals surface area (Å²) in [4.78, 5) is 2.33. The molecule has 4 nitrogen and oxygen atoms in total. The SMILES string of the molecule is COc1cccc(N2CC(N)CC(CCCO)C2)c1. The Morgan fingerprint density at radius 2 is 2.26 bits per heavy atom. The number of nitrogens with zero attached hydrogens (tertiary/aromatic N) is 1. The van der Waals surface area contributed by atoms with E-state index in [0.717, 1.165) is 38.1 Å². The van der Waals surface area contributed by atoms with Gasteiger partial charge in [-0.05, 0) is 37.3 Å². The molecular formula is C15H24N2O2. The van der Waals surface area contributed by atoms with Gasteiger partial charge in [0.25, 0.3) is 0 Å². The fourth-order valence-corrected chi connectivity index (χ4v) is 2.85. The van der Waals surface area contributed by atoms with Gasteiger partial charge in [0, 0.05) is 37.5 Å². The van der Waals surface area contributed by atoms with Crippen molar-refractivity contribution in [3.63, 3.8) is 0 Å². The van der Waals surface area contributed by atoms with Crippen molar-refractivity contribution in [3.05, 3.63) is 24.3 Å². The lowest BCUT2D eigenvalue weighted by Gasteiger charge is -2.38. The Bertz CT molecular complexity index is 397. The molecule has 0 radical (unpaired) electrons. The maximum atomic E-state index is 8.95. The molecule has 0 spiro atoms. The van der Waals surface area contributed by atoms with Crippen LogP contribution in [0, 0.1) is 5.92 Å². The zero-order chi connectivity index (χ0) is 13.7. The first-order chi connectivity index (χ1) is 9.22. The molecule has 4 heteroatoms. The van der Waals surface area contributed by atoms with Crippen molar-refractivity contribution in [3.8, 4) is 5.75 Å². The number of benzene rings is 1. The van der Waals surface area contributed by atoms with E-state index in [1.54, 1.807) is 7.11 Å². The van der Waals surface area contributed by atoms with Crippen LogP contribution in [0.25, 0.3) is 0 Å². The van der Waals surface area contributed by atoms with Crippen LogP contribution < -0.4 is 15.4 Å². The highest BCUT2D eigenvalue weighted by Crippen LogP contribution is 2.27. The Balaban J connectivity index is 2.05. The van der Waals surface area contributed by atoms with Crippen LogP contribution in [0.3, 0.4) is 0 Å². The first kappa shape index (κ1) is 14.2. The van der Waals surface area contributed by atoms with Gasteiger partial charge >= 0.3 is 0 Å². The summed E-state index contributed by atoms with van der Waals surface area (Å²) in [5.74, 6) is 1.45. The molecule has 1 aliphatic rings. The second kappa shape index (κ2) is 6.78. The third-order valence-electron chi connectivity index (χ3n) is 3.76. The first-order valence-electron chi connectivity index (χ1n) is 6.98. The van der Waals surface area contributed by atoms with Gasteiger partial charge < -0.3 is 20.5 Å². The van der Waals surface area contributed by atoms with E-state index in [4.69, 9.17) is 15.6 Å². The van der Waals surface area contributed by atoms with E-state index in [2.05, 4.69) is 17.0 Å². The van der Waals surface area contributed by atoms with Gasteiger partial charge in [0.2, 0.25) is 0 Å². The van der Waals surface area contributed by atoms with Gasteiger partial charge in [-0.1, -0.05) is 6.07 Å². The number of nitrogens with two attached hydrogens (primary N) is 1. The van der Waals surface area contributed by atoms with E-state index >= 15 is 0 Å². The molecule has 0 bridgehead atoms. The van der Waals surface area contributed by atoms with Gasteiger partial charge in [0.1, 0.15) is 5.75 Å². The Hall–Kier alpha value is -1.26. The summed E-state index contributed by atoms with van der Waals surface area (Å²) in [5.41, 5.74) is 7.33. The normalized spacial score (nSPS) is 23.4. The molecule has 2 rings (SSSR count). The van der Waals surface area contributed by atoms with E-state index in [0.29, 0.717) is 5.92 Å². The first-order valence-corrected chi connectivity index (χ1v) is 6.98. The lowest BCUT2D eigenvalue weighted by Crippen LogP contribution is -2.47. The number of piperidine rings is 1. The highest BCUT2D eigenvalue weighted by atomic mass is 16.5. The Morgan fingerprint density at radius 1 is 1.42 bits per heavy atom. The smallest absolute Gasteiger partial charge is 0.120 e. The van der Waals surface area contributed by atoms with Crippen LogP contribution in [-0.4, -0.2) is 38.0 Å². The van der Waals surface area contributed by atoms with Crippen molar-refractivity contribution in [2.75, 3.05) is 31.7 Å². The molecule has 1 fully saturated rings. The molecule has 19 heavy (non-hydrogen) atoms. The molecule has 1 aliphatic heterocycles. The van der Waals surface area contributed by atoms with E-state index in [1.807, 2.05) is 12.1 Å². The average Bonchev–Trinajstić information content (AvgIpc) is 2.44. The van der Waals surface area contributed by atoms with Crippen molar-refractivity contribution >= 4 is 5.69 Å². The second-order valence-corrected chi connectivity index (χ2v) is 5.33. The molecule has 0 aromatic heterocycles. The third-order valence-corrected chi connectivity index (χ3v) is 3.76. The zero-order valence-corrected chi connectivity index (χ0v) is 11.6. The minimum Gasteiger partial charge on any atom is -0.497 e. The number of ether oxygens (including phenoxy) is 1. The quantitative estimate of drug-likeness (QED) is 0.848.